The molecule has 0 fully saturated rings. The van der Waals surface area contributed by atoms with Crippen LogP contribution in [-0.4, -0.2) is 34.4 Å². The van der Waals surface area contributed by atoms with E-state index in [1.165, 1.54) is 11.7 Å². The first kappa shape index (κ1) is 16.8. The molecule has 0 saturated carbocycles. The number of amides is 1. The van der Waals surface area contributed by atoms with Crippen molar-refractivity contribution in [3.05, 3.63) is 70.4 Å². The number of pyridine rings is 1. The average Bonchev–Trinajstić information content (AvgIpc) is 2.65. The molecule has 1 amide bonds. The number of nitrogens with one attached hydrogen (secondary N) is 1. The van der Waals surface area contributed by atoms with Gasteiger partial charge in [0.05, 0.1) is 23.7 Å². The molecule has 1 aromatic carbocycles. The molecule has 7 heteroatoms. The molecule has 3 rings (SSSR count). The monoisotopic (exact) mass is 338 g/mol. The zero-order valence-corrected chi connectivity index (χ0v) is 14.0. The third-order valence-electron chi connectivity index (χ3n) is 3.86. The minimum Gasteiger partial charge on any atom is -0.382 e. The third kappa shape index (κ3) is 3.41. The highest BCUT2D eigenvalue weighted by molar-refractivity contribution is 6.04. The van der Waals surface area contributed by atoms with Crippen LogP contribution in [0.25, 0.3) is 10.8 Å². The molecule has 25 heavy (non-hydrogen) atoms. The second kappa shape index (κ2) is 7.23. The van der Waals surface area contributed by atoms with E-state index in [0.29, 0.717) is 16.5 Å². The van der Waals surface area contributed by atoms with Crippen molar-refractivity contribution in [2.75, 3.05) is 13.7 Å². The normalized spacial score (nSPS) is 12.1. The van der Waals surface area contributed by atoms with Gasteiger partial charge in [0.2, 0.25) is 0 Å². The van der Waals surface area contributed by atoms with Crippen molar-refractivity contribution in [3.63, 3.8) is 0 Å². The number of carbonyl (C=O) groups is 1. The molecule has 7 nitrogen and oxygen atoms in total. The van der Waals surface area contributed by atoms with Crippen LogP contribution in [0.1, 0.15) is 22.2 Å². The van der Waals surface area contributed by atoms with Gasteiger partial charge >= 0.3 is 0 Å². The van der Waals surface area contributed by atoms with Crippen LogP contribution in [0.15, 0.2) is 53.5 Å². The van der Waals surface area contributed by atoms with Crippen molar-refractivity contribution in [2.24, 2.45) is 7.05 Å². The fraction of sp³-hybridized carbons (Fsp3) is 0.222. The Labute approximate surface area is 144 Å². The van der Waals surface area contributed by atoms with Crippen molar-refractivity contribution in [2.45, 2.75) is 6.04 Å². The van der Waals surface area contributed by atoms with E-state index < -0.39 is 6.04 Å². The molecule has 2 heterocycles. The highest BCUT2D eigenvalue weighted by Gasteiger charge is 2.20. The largest absolute Gasteiger partial charge is 0.382 e. The molecule has 1 N–H and O–H groups in total. The molecule has 128 valence electrons. The first-order chi connectivity index (χ1) is 12.1. The van der Waals surface area contributed by atoms with Gasteiger partial charge in [0.1, 0.15) is 0 Å². The molecule has 0 aliphatic rings. The van der Waals surface area contributed by atoms with E-state index in [0.717, 1.165) is 0 Å². The maximum Gasteiger partial charge on any atom is 0.274 e. The number of aromatic nitrogens is 3. The Hall–Kier alpha value is -3.06. The zero-order chi connectivity index (χ0) is 17.8. The lowest BCUT2D eigenvalue weighted by Gasteiger charge is -2.18. The summed E-state index contributed by atoms with van der Waals surface area (Å²) in [6, 6.07) is 12.0. The van der Waals surface area contributed by atoms with E-state index >= 15 is 0 Å². The molecular formula is C18H18N4O3. The molecule has 1 unspecified atom stereocenters. The number of hydrogen-bond acceptors (Lipinski definition) is 5. The minimum atomic E-state index is -0.420. The van der Waals surface area contributed by atoms with Crippen LogP contribution in [-0.2, 0) is 11.8 Å². The van der Waals surface area contributed by atoms with Gasteiger partial charge in [-0.15, -0.1) is 0 Å². The maximum atomic E-state index is 12.8. The molecule has 0 spiro atoms. The summed E-state index contributed by atoms with van der Waals surface area (Å²) in [7, 11) is 3.08. The predicted molar refractivity (Wildman–Crippen MR) is 93.3 cm³/mol. The fourth-order valence-electron chi connectivity index (χ4n) is 2.64. The topological polar surface area (TPSA) is 86.1 Å². The second-order valence-electron chi connectivity index (χ2n) is 5.56. The number of rotatable bonds is 5. The van der Waals surface area contributed by atoms with E-state index in [9.17, 15) is 9.59 Å². The molecule has 0 radical (unpaired) electrons. The first-order valence-electron chi connectivity index (χ1n) is 7.78. The van der Waals surface area contributed by atoms with Crippen molar-refractivity contribution in [3.8, 4) is 0 Å². The SMILES string of the molecule is COCC(NC(=O)c1nn(C)c(=O)c2ccccc12)c1ccccn1. The number of aryl methyl sites for hydroxylation is 1. The second-order valence-corrected chi connectivity index (χ2v) is 5.56. The quantitative estimate of drug-likeness (QED) is 0.761. The van der Waals surface area contributed by atoms with Crippen LogP contribution in [0.4, 0.5) is 0 Å². The highest BCUT2D eigenvalue weighted by atomic mass is 16.5. The molecule has 0 bridgehead atoms. The lowest BCUT2D eigenvalue weighted by molar-refractivity contribution is 0.0889. The lowest BCUT2D eigenvalue weighted by atomic mass is 10.1. The van der Waals surface area contributed by atoms with Crippen LogP contribution in [0, 0.1) is 0 Å². The Balaban J connectivity index is 1.99. The standard InChI is InChI=1S/C18H18N4O3/c1-22-18(24)13-8-4-3-7-12(13)16(21-22)17(23)20-15(11-25-2)14-9-5-6-10-19-14/h3-10,15H,11H2,1-2H3,(H,20,23). The summed E-state index contributed by atoms with van der Waals surface area (Å²) in [5.41, 5.74) is 0.631. The summed E-state index contributed by atoms with van der Waals surface area (Å²) < 4.78 is 6.37. The molecule has 1 atom stereocenters. The Morgan fingerprint density at radius 1 is 1.20 bits per heavy atom. The van der Waals surface area contributed by atoms with Gasteiger partial charge in [0.25, 0.3) is 11.5 Å². The summed E-state index contributed by atoms with van der Waals surface area (Å²) in [6.45, 7) is 0.270. The van der Waals surface area contributed by atoms with E-state index in [-0.39, 0.29) is 23.8 Å². The van der Waals surface area contributed by atoms with Crippen molar-refractivity contribution < 1.29 is 9.53 Å². The first-order valence-corrected chi connectivity index (χ1v) is 7.78. The Morgan fingerprint density at radius 2 is 1.92 bits per heavy atom. The average molecular weight is 338 g/mol. The number of carbonyl (C=O) groups excluding carboxylic acids is 1. The fourth-order valence-corrected chi connectivity index (χ4v) is 2.64. The van der Waals surface area contributed by atoms with Crippen LogP contribution < -0.4 is 10.9 Å². The molecule has 0 aliphatic carbocycles. The third-order valence-corrected chi connectivity index (χ3v) is 3.86. The van der Waals surface area contributed by atoms with Crippen LogP contribution in [0.2, 0.25) is 0 Å². The van der Waals surface area contributed by atoms with Gasteiger partial charge in [0, 0.05) is 25.7 Å². The number of benzene rings is 1. The van der Waals surface area contributed by atoms with Gasteiger partial charge in [-0.3, -0.25) is 14.6 Å². The van der Waals surface area contributed by atoms with Crippen molar-refractivity contribution in [1.82, 2.24) is 20.1 Å². The summed E-state index contributed by atoms with van der Waals surface area (Å²) in [5, 5.41) is 7.99. The number of nitrogens with zero attached hydrogens (tertiary/aromatic N) is 3. The van der Waals surface area contributed by atoms with Gasteiger partial charge in [0.15, 0.2) is 5.69 Å². The van der Waals surface area contributed by atoms with Crippen LogP contribution >= 0.6 is 0 Å². The summed E-state index contributed by atoms with van der Waals surface area (Å²) in [4.78, 5) is 29.3. The van der Waals surface area contributed by atoms with E-state index in [2.05, 4.69) is 15.4 Å². The Morgan fingerprint density at radius 3 is 2.60 bits per heavy atom. The summed E-state index contributed by atoms with van der Waals surface area (Å²) >= 11 is 0. The zero-order valence-electron chi connectivity index (χ0n) is 14.0. The Bertz CT molecular complexity index is 953. The van der Waals surface area contributed by atoms with Crippen LogP contribution in [0.3, 0.4) is 0 Å². The summed E-state index contributed by atoms with van der Waals surface area (Å²) in [6.07, 6.45) is 1.66. The molecule has 0 saturated heterocycles. The number of hydrogen-bond donors (Lipinski definition) is 1. The van der Waals surface area contributed by atoms with Gasteiger partial charge < -0.3 is 10.1 Å². The minimum absolute atomic E-state index is 0.190. The number of ether oxygens (including phenoxy) is 1. The molecule has 2 aromatic heterocycles. The lowest BCUT2D eigenvalue weighted by Crippen LogP contribution is -2.34. The van der Waals surface area contributed by atoms with Crippen molar-refractivity contribution >= 4 is 16.7 Å². The van der Waals surface area contributed by atoms with Gasteiger partial charge in [-0.25, -0.2) is 4.68 Å². The Kier molecular flexibility index (Phi) is 4.85. The maximum absolute atomic E-state index is 12.8. The van der Waals surface area contributed by atoms with Crippen molar-refractivity contribution in [1.29, 1.82) is 0 Å². The van der Waals surface area contributed by atoms with Gasteiger partial charge in [-0.05, 0) is 18.2 Å². The highest BCUT2D eigenvalue weighted by Crippen LogP contribution is 2.15. The van der Waals surface area contributed by atoms with E-state index in [4.69, 9.17) is 4.74 Å². The van der Waals surface area contributed by atoms with Gasteiger partial charge in [-0.1, -0.05) is 24.3 Å². The molecule has 3 aromatic rings. The van der Waals surface area contributed by atoms with E-state index in [1.54, 1.807) is 43.6 Å². The smallest absolute Gasteiger partial charge is 0.274 e. The van der Waals surface area contributed by atoms with E-state index in [1.807, 2.05) is 12.1 Å². The number of fused-ring (bicyclic) bond motifs is 1. The molecule has 0 aliphatic heterocycles. The predicted octanol–water partition coefficient (Wildman–Crippen LogP) is 1.45. The summed E-state index contributed by atoms with van der Waals surface area (Å²) in [5.74, 6) is -0.389. The van der Waals surface area contributed by atoms with Gasteiger partial charge in [-0.2, -0.15) is 5.10 Å². The van der Waals surface area contributed by atoms with Crippen LogP contribution in [0.5, 0.6) is 0 Å². The number of methoxy groups -OCH3 is 1. The molecular weight excluding hydrogens is 320 g/mol.